The van der Waals surface area contributed by atoms with Crippen LogP contribution in [0.1, 0.15) is 60.9 Å². The van der Waals surface area contributed by atoms with E-state index in [-0.39, 0.29) is 30.3 Å². The molecule has 1 atom stereocenters. The molecule has 2 saturated heterocycles. The van der Waals surface area contributed by atoms with Crippen molar-refractivity contribution in [1.82, 2.24) is 15.5 Å². The van der Waals surface area contributed by atoms with E-state index >= 15 is 0 Å². The second-order valence-corrected chi connectivity index (χ2v) is 8.22. The summed E-state index contributed by atoms with van der Waals surface area (Å²) < 4.78 is 5.44. The number of piperidine rings is 2. The largest absolute Gasteiger partial charge is 0.466 e. The molecule has 0 bridgehead atoms. The van der Waals surface area contributed by atoms with Gasteiger partial charge in [-0.2, -0.15) is 0 Å². The van der Waals surface area contributed by atoms with Crippen LogP contribution >= 0.6 is 12.4 Å². The first-order valence-corrected chi connectivity index (χ1v) is 10.3. The van der Waals surface area contributed by atoms with E-state index in [4.69, 9.17) is 4.42 Å². The van der Waals surface area contributed by atoms with Gasteiger partial charge in [-0.3, -0.25) is 9.59 Å². The molecular formula is C21H34ClN3O3. The summed E-state index contributed by atoms with van der Waals surface area (Å²) in [6.45, 7) is 9.48. The Bertz CT molecular complexity index is 662. The third kappa shape index (κ3) is 5.74. The molecule has 1 aromatic rings. The average molecular weight is 412 g/mol. The van der Waals surface area contributed by atoms with Crippen molar-refractivity contribution in [3.05, 3.63) is 23.2 Å². The predicted molar refractivity (Wildman–Crippen MR) is 112 cm³/mol. The lowest BCUT2D eigenvalue weighted by Crippen LogP contribution is -2.47. The van der Waals surface area contributed by atoms with Crippen molar-refractivity contribution in [1.29, 1.82) is 0 Å². The molecule has 3 heterocycles. The quantitative estimate of drug-likeness (QED) is 0.780. The lowest BCUT2D eigenvalue weighted by atomic mass is 9.84. The van der Waals surface area contributed by atoms with Gasteiger partial charge in [-0.15, -0.1) is 12.4 Å². The minimum atomic E-state index is -0.0753. The number of carbonyl (C=O) groups is 2. The Morgan fingerprint density at radius 1 is 1.21 bits per heavy atom. The zero-order chi connectivity index (χ0) is 19.4. The second-order valence-electron chi connectivity index (χ2n) is 8.22. The molecule has 2 N–H and O–H groups in total. The highest BCUT2D eigenvalue weighted by Crippen LogP contribution is 2.25. The Balaban J connectivity index is 0.00000280. The number of nitrogens with zero attached hydrogens (tertiary/aromatic N) is 1. The molecule has 1 aromatic heterocycles. The van der Waals surface area contributed by atoms with Gasteiger partial charge in [0, 0.05) is 25.6 Å². The van der Waals surface area contributed by atoms with Gasteiger partial charge in [0.15, 0.2) is 0 Å². The number of carbonyl (C=O) groups excluding carboxylic acids is 2. The molecule has 0 aliphatic carbocycles. The molecule has 6 nitrogen and oxygen atoms in total. The number of likely N-dealkylation sites (tertiary alicyclic amines) is 1. The molecule has 2 aliphatic heterocycles. The maximum atomic E-state index is 12.7. The van der Waals surface area contributed by atoms with Gasteiger partial charge in [0.1, 0.15) is 11.5 Å². The van der Waals surface area contributed by atoms with E-state index in [1.165, 1.54) is 12.8 Å². The van der Waals surface area contributed by atoms with Gasteiger partial charge >= 0.3 is 0 Å². The second kappa shape index (κ2) is 10.3. The molecule has 2 amide bonds. The van der Waals surface area contributed by atoms with Gasteiger partial charge in [-0.25, -0.2) is 0 Å². The standard InChI is InChI=1S/C21H33N3O3.ClH/c1-14(17-4-8-22-9-5-17)12-20(25)24-10-6-18(7-11-24)23-21(26)19-13-15(2)27-16(19)3;/h13-14,17-18,22H,4-12H2,1-3H3,(H,23,26);1H. The molecule has 0 spiro atoms. The van der Waals surface area contributed by atoms with Crippen molar-refractivity contribution in [2.45, 2.75) is 58.9 Å². The highest BCUT2D eigenvalue weighted by atomic mass is 35.5. The van der Waals surface area contributed by atoms with E-state index in [9.17, 15) is 9.59 Å². The average Bonchev–Trinajstić information content (AvgIpc) is 3.01. The van der Waals surface area contributed by atoms with E-state index in [0.29, 0.717) is 29.6 Å². The highest BCUT2D eigenvalue weighted by molar-refractivity contribution is 5.95. The molecule has 0 aromatic carbocycles. The fraction of sp³-hybridized carbons (Fsp3) is 0.714. The Hall–Kier alpha value is -1.53. The van der Waals surface area contributed by atoms with Crippen LogP contribution in [-0.2, 0) is 4.79 Å². The summed E-state index contributed by atoms with van der Waals surface area (Å²) in [6, 6.07) is 1.91. The summed E-state index contributed by atoms with van der Waals surface area (Å²) >= 11 is 0. The predicted octanol–water partition coefficient (Wildman–Crippen LogP) is 3.06. The van der Waals surface area contributed by atoms with Gasteiger partial charge in [0.25, 0.3) is 5.91 Å². The third-order valence-electron chi connectivity index (χ3n) is 6.15. The third-order valence-corrected chi connectivity index (χ3v) is 6.15. The van der Waals surface area contributed by atoms with Crippen molar-refractivity contribution >= 4 is 24.2 Å². The summed E-state index contributed by atoms with van der Waals surface area (Å²) in [5, 5.41) is 6.48. The van der Waals surface area contributed by atoms with Gasteiger partial charge < -0.3 is 20.0 Å². The molecule has 2 aliphatic rings. The number of hydrogen-bond donors (Lipinski definition) is 2. The minimum Gasteiger partial charge on any atom is -0.466 e. The number of hydrogen-bond acceptors (Lipinski definition) is 4. The van der Waals surface area contributed by atoms with E-state index < -0.39 is 0 Å². The Kier molecular flexibility index (Phi) is 8.38. The zero-order valence-electron chi connectivity index (χ0n) is 17.3. The number of furan rings is 1. The van der Waals surface area contributed by atoms with Gasteiger partial charge in [-0.1, -0.05) is 6.92 Å². The first-order valence-electron chi connectivity index (χ1n) is 10.3. The van der Waals surface area contributed by atoms with Gasteiger partial charge in [0.05, 0.1) is 5.56 Å². The lowest BCUT2D eigenvalue weighted by molar-refractivity contribution is -0.133. The first-order chi connectivity index (χ1) is 12.9. The topological polar surface area (TPSA) is 74.6 Å². The van der Waals surface area contributed by atoms with Crippen molar-refractivity contribution in [3.63, 3.8) is 0 Å². The van der Waals surface area contributed by atoms with Crippen LogP contribution in [0.3, 0.4) is 0 Å². The Labute approximate surface area is 174 Å². The Morgan fingerprint density at radius 3 is 2.43 bits per heavy atom. The maximum absolute atomic E-state index is 12.7. The molecule has 158 valence electrons. The van der Waals surface area contributed by atoms with Crippen LogP contribution in [0.2, 0.25) is 0 Å². The van der Waals surface area contributed by atoms with Gasteiger partial charge in [0.2, 0.25) is 5.91 Å². The van der Waals surface area contributed by atoms with E-state index in [2.05, 4.69) is 17.6 Å². The summed E-state index contributed by atoms with van der Waals surface area (Å²) in [4.78, 5) is 27.1. The summed E-state index contributed by atoms with van der Waals surface area (Å²) in [6.07, 6.45) is 4.63. The molecule has 3 rings (SSSR count). The number of aryl methyl sites for hydroxylation is 2. The summed E-state index contributed by atoms with van der Waals surface area (Å²) in [5.41, 5.74) is 0.613. The molecule has 2 fully saturated rings. The van der Waals surface area contributed by atoms with Crippen molar-refractivity contribution < 1.29 is 14.0 Å². The van der Waals surface area contributed by atoms with Crippen LogP contribution in [0.5, 0.6) is 0 Å². The monoisotopic (exact) mass is 411 g/mol. The number of halogens is 1. The van der Waals surface area contributed by atoms with Gasteiger partial charge in [-0.05, 0) is 70.5 Å². The summed E-state index contributed by atoms with van der Waals surface area (Å²) in [5.74, 6) is 2.71. The fourth-order valence-corrected chi connectivity index (χ4v) is 4.38. The van der Waals surface area contributed by atoms with Crippen LogP contribution in [0.25, 0.3) is 0 Å². The SMILES string of the molecule is Cc1cc(C(=O)NC2CCN(C(=O)CC(C)C3CCNCC3)CC2)c(C)o1.Cl. The van der Waals surface area contributed by atoms with Crippen LogP contribution < -0.4 is 10.6 Å². The summed E-state index contributed by atoms with van der Waals surface area (Å²) in [7, 11) is 0. The fourth-order valence-electron chi connectivity index (χ4n) is 4.38. The van der Waals surface area contributed by atoms with Crippen LogP contribution in [-0.4, -0.2) is 48.9 Å². The highest BCUT2D eigenvalue weighted by Gasteiger charge is 2.28. The van der Waals surface area contributed by atoms with Crippen molar-refractivity contribution in [2.75, 3.05) is 26.2 Å². The normalized spacial score (nSPS) is 19.8. The van der Waals surface area contributed by atoms with Crippen LogP contribution in [0.15, 0.2) is 10.5 Å². The zero-order valence-corrected chi connectivity index (χ0v) is 18.1. The van der Waals surface area contributed by atoms with E-state index in [1.807, 2.05) is 18.7 Å². The molecule has 0 radical (unpaired) electrons. The number of amides is 2. The molecular weight excluding hydrogens is 378 g/mol. The van der Waals surface area contributed by atoms with Crippen molar-refractivity contribution in [3.8, 4) is 0 Å². The van der Waals surface area contributed by atoms with E-state index in [1.54, 1.807) is 6.07 Å². The first kappa shape index (κ1) is 22.8. The number of rotatable bonds is 5. The molecule has 7 heteroatoms. The molecule has 1 unspecified atom stereocenters. The van der Waals surface area contributed by atoms with E-state index in [0.717, 1.165) is 44.8 Å². The Morgan fingerprint density at radius 2 is 1.86 bits per heavy atom. The maximum Gasteiger partial charge on any atom is 0.255 e. The van der Waals surface area contributed by atoms with Crippen molar-refractivity contribution in [2.24, 2.45) is 11.8 Å². The lowest BCUT2D eigenvalue weighted by Gasteiger charge is -2.34. The number of nitrogens with one attached hydrogen (secondary N) is 2. The smallest absolute Gasteiger partial charge is 0.255 e. The molecule has 28 heavy (non-hydrogen) atoms. The minimum absolute atomic E-state index is 0. The van der Waals surface area contributed by atoms with Crippen LogP contribution in [0, 0.1) is 25.7 Å². The molecule has 0 saturated carbocycles. The van der Waals surface area contributed by atoms with Crippen LogP contribution in [0.4, 0.5) is 0 Å².